The zero-order valence-electron chi connectivity index (χ0n) is 27.4. The summed E-state index contributed by atoms with van der Waals surface area (Å²) in [6.07, 6.45) is -1.08. The Labute approximate surface area is 271 Å². The third-order valence-corrected chi connectivity index (χ3v) is 8.11. The van der Waals surface area contributed by atoms with Crippen molar-refractivity contribution in [2.45, 2.75) is 65.2 Å². The van der Waals surface area contributed by atoms with Gasteiger partial charge < -0.3 is 19.9 Å². The van der Waals surface area contributed by atoms with E-state index < -0.39 is 47.7 Å². The molecule has 4 rings (SSSR count). The maximum Gasteiger partial charge on any atom is 0.416 e. The molecule has 47 heavy (non-hydrogen) atoms. The SMILES string of the molecule is Cc1cccc(C)c1-c1cc(C(CC(=O)O)NC(=O)C(CC(C)C)n2cc(CCN(C)C)c(C(F)(F)F)cc2=O)c2ncncc2c1. The summed E-state index contributed by atoms with van der Waals surface area (Å²) in [5.74, 6) is -2.01. The number of hydrogen-bond donors (Lipinski definition) is 2. The topological polar surface area (TPSA) is 117 Å². The summed E-state index contributed by atoms with van der Waals surface area (Å²) in [4.78, 5) is 49.9. The number of aryl methyl sites for hydroxylation is 2. The quantitative estimate of drug-likeness (QED) is 0.190. The third-order valence-electron chi connectivity index (χ3n) is 8.11. The first-order valence-electron chi connectivity index (χ1n) is 15.4. The molecular weight excluding hydrogens is 611 g/mol. The molecule has 1 amide bonds. The lowest BCUT2D eigenvalue weighted by Crippen LogP contribution is -2.40. The second-order valence-electron chi connectivity index (χ2n) is 12.6. The van der Waals surface area contributed by atoms with E-state index in [1.54, 1.807) is 31.3 Å². The van der Waals surface area contributed by atoms with Crippen LogP contribution in [-0.2, 0) is 22.2 Å². The molecule has 2 atom stereocenters. The summed E-state index contributed by atoms with van der Waals surface area (Å²) in [6.45, 7) is 7.88. The number of hydrogen-bond acceptors (Lipinski definition) is 6. The number of aliphatic carboxylic acids is 1. The standard InChI is InChI=1S/C35H40F3N5O4/c1-20(2)12-29(43-18-23(10-11-42(5)6)27(15-30(43)44)35(36,37)38)34(47)41-28(16-31(45)46)26-14-24(13-25-17-39-19-40-33(25)26)32-21(3)8-7-9-22(32)4/h7-9,13-15,17-20,28-29H,10-12,16H2,1-6H3,(H,41,47)(H,45,46). The average molecular weight is 652 g/mol. The molecular formula is C35H40F3N5O4. The van der Waals surface area contributed by atoms with Crippen molar-refractivity contribution < 1.29 is 27.9 Å². The lowest BCUT2D eigenvalue weighted by atomic mass is 9.90. The van der Waals surface area contributed by atoms with Gasteiger partial charge in [-0.05, 0) is 86.7 Å². The van der Waals surface area contributed by atoms with Gasteiger partial charge in [0.25, 0.3) is 5.56 Å². The molecule has 2 aromatic heterocycles. The largest absolute Gasteiger partial charge is 0.481 e. The molecule has 0 aliphatic carbocycles. The van der Waals surface area contributed by atoms with Crippen LogP contribution >= 0.6 is 0 Å². The van der Waals surface area contributed by atoms with Gasteiger partial charge in [0.05, 0.1) is 23.5 Å². The Balaban J connectivity index is 1.85. The number of likely N-dealkylation sites (N-methyl/N-ethyl adjacent to an activating group) is 1. The number of carboxylic acid groups (broad SMARTS) is 1. The second-order valence-corrected chi connectivity index (χ2v) is 12.6. The van der Waals surface area contributed by atoms with E-state index in [1.807, 2.05) is 52.0 Å². The highest BCUT2D eigenvalue weighted by atomic mass is 19.4. The number of amides is 1. The van der Waals surface area contributed by atoms with Gasteiger partial charge in [-0.3, -0.25) is 14.4 Å². The first kappa shape index (κ1) is 35.3. The number of carbonyl (C=O) groups is 2. The molecule has 2 aromatic carbocycles. The molecule has 250 valence electrons. The van der Waals surface area contributed by atoms with E-state index in [4.69, 9.17) is 0 Å². The highest BCUT2D eigenvalue weighted by molar-refractivity contribution is 5.90. The summed E-state index contributed by atoms with van der Waals surface area (Å²) in [6, 6.07) is 7.84. The van der Waals surface area contributed by atoms with Gasteiger partial charge >= 0.3 is 12.1 Å². The van der Waals surface area contributed by atoms with Crippen LogP contribution in [0.3, 0.4) is 0 Å². The number of pyridine rings is 1. The van der Waals surface area contributed by atoms with Crippen molar-refractivity contribution in [1.82, 2.24) is 24.8 Å². The molecule has 0 bridgehead atoms. The predicted molar refractivity (Wildman–Crippen MR) is 174 cm³/mol. The van der Waals surface area contributed by atoms with Gasteiger partial charge in [-0.2, -0.15) is 13.2 Å². The van der Waals surface area contributed by atoms with Crippen molar-refractivity contribution in [3.63, 3.8) is 0 Å². The fraction of sp³-hybridized carbons (Fsp3) is 0.400. The molecule has 2 N–H and O–H groups in total. The zero-order chi connectivity index (χ0) is 34.6. The van der Waals surface area contributed by atoms with E-state index in [9.17, 15) is 32.7 Å². The average Bonchev–Trinajstić information content (AvgIpc) is 2.97. The van der Waals surface area contributed by atoms with Crippen molar-refractivity contribution in [3.05, 3.63) is 93.3 Å². The molecule has 0 aliphatic heterocycles. The molecule has 0 saturated carbocycles. The number of fused-ring (bicyclic) bond motifs is 1. The van der Waals surface area contributed by atoms with Gasteiger partial charge in [0.15, 0.2) is 0 Å². The van der Waals surface area contributed by atoms with E-state index in [2.05, 4.69) is 15.3 Å². The minimum absolute atomic E-state index is 0.00339. The Morgan fingerprint density at radius 1 is 1.09 bits per heavy atom. The number of nitrogens with zero attached hydrogens (tertiary/aromatic N) is 4. The number of carbonyl (C=O) groups excluding carboxylic acids is 1. The molecule has 2 heterocycles. The highest BCUT2D eigenvalue weighted by Crippen LogP contribution is 2.35. The van der Waals surface area contributed by atoms with Crippen LogP contribution in [0.15, 0.2) is 59.9 Å². The molecule has 12 heteroatoms. The van der Waals surface area contributed by atoms with E-state index in [-0.39, 0.29) is 30.9 Å². The lowest BCUT2D eigenvalue weighted by molar-refractivity contribution is -0.139. The molecule has 0 radical (unpaired) electrons. The van der Waals surface area contributed by atoms with Crippen LogP contribution in [0.25, 0.3) is 22.0 Å². The van der Waals surface area contributed by atoms with Crippen LogP contribution in [0.5, 0.6) is 0 Å². The number of alkyl halides is 3. The number of benzene rings is 2. The highest BCUT2D eigenvalue weighted by Gasteiger charge is 2.36. The fourth-order valence-corrected chi connectivity index (χ4v) is 5.93. The van der Waals surface area contributed by atoms with Gasteiger partial charge in [0.1, 0.15) is 12.4 Å². The zero-order valence-corrected chi connectivity index (χ0v) is 27.4. The van der Waals surface area contributed by atoms with Crippen LogP contribution < -0.4 is 10.9 Å². The lowest BCUT2D eigenvalue weighted by Gasteiger charge is -2.27. The van der Waals surface area contributed by atoms with Crippen LogP contribution in [0.2, 0.25) is 0 Å². The van der Waals surface area contributed by atoms with Gasteiger partial charge in [-0.25, -0.2) is 9.97 Å². The van der Waals surface area contributed by atoms with Crippen molar-refractivity contribution >= 4 is 22.8 Å². The van der Waals surface area contributed by atoms with E-state index in [0.29, 0.717) is 22.5 Å². The van der Waals surface area contributed by atoms with Gasteiger partial charge in [0, 0.05) is 36.0 Å². The number of nitrogens with one attached hydrogen (secondary N) is 1. The minimum Gasteiger partial charge on any atom is -0.481 e. The summed E-state index contributed by atoms with van der Waals surface area (Å²) >= 11 is 0. The minimum atomic E-state index is -4.76. The maximum absolute atomic E-state index is 14.1. The van der Waals surface area contributed by atoms with E-state index in [1.165, 1.54) is 6.33 Å². The Kier molecular flexibility index (Phi) is 10.9. The first-order chi connectivity index (χ1) is 22.1. The van der Waals surface area contributed by atoms with Gasteiger partial charge in [-0.15, -0.1) is 0 Å². The summed E-state index contributed by atoms with van der Waals surface area (Å²) < 4.78 is 42.9. The Morgan fingerprint density at radius 2 is 1.77 bits per heavy atom. The molecule has 4 aromatic rings. The molecule has 9 nitrogen and oxygen atoms in total. The van der Waals surface area contributed by atoms with E-state index in [0.717, 1.165) is 33.0 Å². The summed E-state index contributed by atoms with van der Waals surface area (Å²) in [5, 5.41) is 13.4. The Bertz CT molecular complexity index is 1810. The number of carboxylic acids is 1. The van der Waals surface area contributed by atoms with E-state index >= 15 is 0 Å². The van der Waals surface area contributed by atoms with Gasteiger partial charge in [0.2, 0.25) is 5.91 Å². The van der Waals surface area contributed by atoms with Gasteiger partial charge in [-0.1, -0.05) is 32.0 Å². The summed E-state index contributed by atoms with van der Waals surface area (Å²) in [7, 11) is 3.45. The van der Waals surface area contributed by atoms with Crippen LogP contribution in [-0.4, -0.2) is 57.1 Å². The molecule has 0 saturated heterocycles. The predicted octanol–water partition coefficient (Wildman–Crippen LogP) is 6.12. The monoisotopic (exact) mass is 651 g/mol. The van der Waals surface area contributed by atoms with Crippen molar-refractivity contribution in [2.24, 2.45) is 5.92 Å². The Hall–Kier alpha value is -4.58. The second kappa shape index (κ2) is 14.5. The fourth-order valence-electron chi connectivity index (χ4n) is 5.93. The first-order valence-corrected chi connectivity index (χ1v) is 15.4. The maximum atomic E-state index is 14.1. The molecule has 0 spiro atoms. The van der Waals surface area contributed by atoms with Crippen molar-refractivity contribution in [3.8, 4) is 11.1 Å². The number of rotatable bonds is 12. The molecule has 2 unspecified atom stereocenters. The smallest absolute Gasteiger partial charge is 0.416 e. The van der Waals surface area contributed by atoms with Crippen LogP contribution in [0.1, 0.15) is 66.6 Å². The number of halogens is 3. The molecule has 0 fully saturated rings. The summed E-state index contributed by atoms with van der Waals surface area (Å²) in [5.41, 5.74) is 2.47. The van der Waals surface area contributed by atoms with Crippen molar-refractivity contribution in [1.29, 1.82) is 0 Å². The number of aromatic nitrogens is 3. The molecule has 0 aliphatic rings. The normalized spacial score (nSPS) is 13.3. The Morgan fingerprint density at radius 3 is 2.36 bits per heavy atom. The third kappa shape index (κ3) is 8.42. The van der Waals surface area contributed by atoms with Crippen LogP contribution in [0.4, 0.5) is 13.2 Å². The van der Waals surface area contributed by atoms with Crippen LogP contribution in [0, 0.1) is 19.8 Å². The van der Waals surface area contributed by atoms with Crippen molar-refractivity contribution in [2.75, 3.05) is 20.6 Å².